The van der Waals surface area contributed by atoms with E-state index in [0.29, 0.717) is 11.3 Å². The molecule has 1 nitrogen and oxygen atoms in total. The maximum Gasteiger partial charge on any atom is 0.201 e. The topological polar surface area (TPSA) is 9.23 Å². The van der Waals surface area contributed by atoms with Crippen LogP contribution in [0.1, 0.15) is 102 Å². The maximum absolute atomic E-state index is 15.0. The predicted molar refractivity (Wildman–Crippen MR) is 138 cm³/mol. The largest absolute Gasteiger partial charge is 0.486 e. The lowest BCUT2D eigenvalue weighted by molar-refractivity contribution is 0.113. The Labute approximate surface area is 209 Å². The van der Waals surface area contributed by atoms with E-state index in [2.05, 4.69) is 6.92 Å². The number of hydrogen-bond acceptors (Lipinski definition) is 1. The van der Waals surface area contributed by atoms with Crippen LogP contribution < -0.4 is 4.74 Å². The Morgan fingerprint density at radius 2 is 1.66 bits per heavy atom. The van der Waals surface area contributed by atoms with Gasteiger partial charge in [-0.25, -0.2) is 8.78 Å². The van der Waals surface area contributed by atoms with Crippen LogP contribution in [0.3, 0.4) is 0 Å². The van der Waals surface area contributed by atoms with Crippen molar-refractivity contribution in [2.45, 2.75) is 96.8 Å². The average Bonchev–Trinajstić information content (AvgIpc) is 2.86. The van der Waals surface area contributed by atoms with Crippen LogP contribution in [0, 0.1) is 35.2 Å². The predicted octanol–water partition coefficient (Wildman–Crippen LogP) is 9.87. The lowest BCUT2D eigenvalue weighted by Gasteiger charge is -2.42. The summed E-state index contributed by atoms with van der Waals surface area (Å²) in [7, 11) is 0. The van der Waals surface area contributed by atoms with Gasteiger partial charge in [0.2, 0.25) is 5.82 Å². The summed E-state index contributed by atoms with van der Waals surface area (Å²) in [5.41, 5.74) is 0.914. The monoisotopic (exact) mass is 486 g/mol. The molecule has 4 rings (SSSR count). The van der Waals surface area contributed by atoms with Crippen molar-refractivity contribution in [3.8, 4) is 5.75 Å². The van der Waals surface area contributed by atoms with E-state index >= 15 is 4.39 Å². The van der Waals surface area contributed by atoms with E-state index in [1.165, 1.54) is 76.3 Å². The third kappa shape index (κ3) is 6.24. The minimum Gasteiger partial charge on any atom is -0.486 e. The summed E-state index contributed by atoms with van der Waals surface area (Å²) in [4.78, 5) is 0. The van der Waals surface area contributed by atoms with Gasteiger partial charge in [0.05, 0.1) is 5.39 Å². The molecule has 35 heavy (non-hydrogen) atoms. The molecule has 192 valence electrons. The van der Waals surface area contributed by atoms with E-state index in [-0.39, 0.29) is 23.7 Å². The second-order valence-electron chi connectivity index (χ2n) is 10.9. The molecule has 0 aromatic heterocycles. The summed E-state index contributed by atoms with van der Waals surface area (Å²) in [6.45, 7) is 4.24. The number of benzene rings is 2. The molecule has 0 heterocycles. The van der Waals surface area contributed by atoms with Crippen molar-refractivity contribution in [3.05, 3.63) is 53.4 Å². The second-order valence-corrected chi connectivity index (χ2v) is 10.9. The fourth-order valence-electron chi connectivity index (χ4n) is 6.58. The van der Waals surface area contributed by atoms with Crippen molar-refractivity contribution < 1.29 is 17.9 Å². The SMILES string of the molecule is CC=CCOc1cc2cc(C3CCC4CC(CCCCCCC)CCC4C3)cc(F)c2c(F)c1F. The minimum absolute atomic E-state index is 0.145. The van der Waals surface area contributed by atoms with Crippen LogP contribution in [-0.4, -0.2) is 6.61 Å². The van der Waals surface area contributed by atoms with Gasteiger partial charge in [0.25, 0.3) is 0 Å². The molecule has 2 aliphatic carbocycles. The van der Waals surface area contributed by atoms with Gasteiger partial charge in [-0.05, 0) is 85.8 Å². The molecule has 0 bridgehead atoms. The van der Waals surface area contributed by atoms with Gasteiger partial charge in [-0.3, -0.25) is 0 Å². The van der Waals surface area contributed by atoms with Crippen molar-refractivity contribution in [2.75, 3.05) is 6.61 Å². The summed E-state index contributed by atoms with van der Waals surface area (Å²) < 4.78 is 49.5. The number of rotatable bonds is 10. The number of fused-ring (bicyclic) bond motifs is 2. The molecule has 4 unspecified atom stereocenters. The van der Waals surface area contributed by atoms with Gasteiger partial charge in [-0.1, -0.05) is 70.1 Å². The number of ether oxygens (including phenoxy) is 1. The van der Waals surface area contributed by atoms with Gasteiger partial charge >= 0.3 is 0 Å². The molecule has 0 amide bonds. The Kier molecular flexibility index (Phi) is 9.19. The average molecular weight is 487 g/mol. The standard InChI is InChI=1S/C31H41F3O/c1-3-5-7-8-9-10-21-11-12-23-17-24(14-13-22(23)16-21)25-18-26-20-28(35-15-6-4-2)30(33)31(34)29(26)27(32)19-25/h4,6,18-24H,3,5,7-17H2,1-2H3. The number of unbranched alkanes of at least 4 members (excludes halogenated alkanes) is 4. The van der Waals surface area contributed by atoms with Crippen LogP contribution in [0.25, 0.3) is 10.8 Å². The molecule has 0 aliphatic heterocycles. The highest BCUT2D eigenvalue weighted by atomic mass is 19.2. The van der Waals surface area contributed by atoms with Crippen LogP contribution in [0.5, 0.6) is 5.75 Å². The van der Waals surface area contributed by atoms with Crippen LogP contribution in [0.2, 0.25) is 0 Å². The van der Waals surface area contributed by atoms with Gasteiger partial charge in [0.1, 0.15) is 12.4 Å². The Balaban J connectivity index is 1.43. The van der Waals surface area contributed by atoms with Crippen molar-refractivity contribution in [1.29, 1.82) is 0 Å². The van der Waals surface area contributed by atoms with E-state index in [0.717, 1.165) is 30.2 Å². The molecule has 0 radical (unpaired) electrons. The molecular formula is C31H41F3O. The fourth-order valence-corrected chi connectivity index (χ4v) is 6.58. The quantitative estimate of drug-likeness (QED) is 0.240. The van der Waals surface area contributed by atoms with Crippen LogP contribution in [0.15, 0.2) is 30.4 Å². The van der Waals surface area contributed by atoms with Crippen LogP contribution in [0.4, 0.5) is 13.2 Å². The third-order valence-corrected chi connectivity index (χ3v) is 8.54. The molecule has 2 aliphatic rings. The smallest absolute Gasteiger partial charge is 0.201 e. The third-order valence-electron chi connectivity index (χ3n) is 8.54. The molecule has 0 N–H and O–H groups in total. The van der Waals surface area contributed by atoms with Crippen LogP contribution in [-0.2, 0) is 0 Å². The number of hydrogen-bond donors (Lipinski definition) is 0. The minimum atomic E-state index is -1.17. The first kappa shape index (κ1) is 26.1. The summed E-state index contributed by atoms with van der Waals surface area (Å²) in [6.07, 6.45) is 18.9. The lowest BCUT2D eigenvalue weighted by atomic mass is 9.63. The Morgan fingerprint density at radius 1 is 0.886 bits per heavy atom. The van der Waals surface area contributed by atoms with E-state index in [1.807, 2.05) is 13.0 Å². The molecule has 2 aromatic rings. The molecule has 0 saturated heterocycles. The molecule has 0 spiro atoms. The summed E-state index contributed by atoms with van der Waals surface area (Å²) in [6, 6.07) is 4.75. The first-order valence-corrected chi connectivity index (χ1v) is 13.9. The van der Waals surface area contributed by atoms with E-state index in [4.69, 9.17) is 4.74 Å². The molecule has 4 atom stereocenters. The first-order chi connectivity index (χ1) is 17.0. The number of halogens is 3. The fraction of sp³-hybridized carbons (Fsp3) is 0.613. The van der Waals surface area contributed by atoms with E-state index in [9.17, 15) is 8.78 Å². The summed E-state index contributed by atoms with van der Waals surface area (Å²) in [5.74, 6) is -0.482. The van der Waals surface area contributed by atoms with Gasteiger partial charge < -0.3 is 4.74 Å². The van der Waals surface area contributed by atoms with Gasteiger partial charge in [-0.2, -0.15) is 4.39 Å². The highest BCUT2D eigenvalue weighted by Crippen LogP contribution is 2.49. The van der Waals surface area contributed by atoms with Gasteiger partial charge in [0.15, 0.2) is 11.6 Å². The molecule has 4 heteroatoms. The Hall–Kier alpha value is -1.97. The highest BCUT2D eigenvalue weighted by Gasteiger charge is 2.36. The normalized spacial score (nSPS) is 24.7. The zero-order valence-electron chi connectivity index (χ0n) is 21.4. The zero-order chi connectivity index (χ0) is 24.8. The van der Waals surface area contributed by atoms with Crippen molar-refractivity contribution in [2.24, 2.45) is 17.8 Å². The van der Waals surface area contributed by atoms with E-state index in [1.54, 1.807) is 12.2 Å². The summed E-state index contributed by atoms with van der Waals surface area (Å²) >= 11 is 0. The van der Waals surface area contributed by atoms with Gasteiger partial charge in [0, 0.05) is 0 Å². The first-order valence-electron chi connectivity index (χ1n) is 13.9. The van der Waals surface area contributed by atoms with Crippen molar-refractivity contribution >= 4 is 10.8 Å². The number of allylic oxidation sites excluding steroid dienone is 1. The van der Waals surface area contributed by atoms with E-state index < -0.39 is 17.5 Å². The lowest BCUT2D eigenvalue weighted by Crippen LogP contribution is -2.30. The highest BCUT2D eigenvalue weighted by molar-refractivity contribution is 5.86. The Morgan fingerprint density at radius 3 is 2.46 bits per heavy atom. The van der Waals surface area contributed by atoms with Gasteiger partial charge in [-0.15, -0.1) is 0 Å². The van der Waals surface area contributed by atoms with Crippen LogP contribution >= 0.6 is 0 Å². The second kappa shape index (κ2) is 12.3. The molecule has 2 fully saturated rings. The molecular weight excluding hydrogens is 445 g/mol. The summed E-state index contributed by atoms with van der Waals surface area (Å²) in [5, 5.41) is 0.0982. The van der Waals surface area contributed by atoms with Crippen molar-refractivity contribution in [1.82, 2.24) is 0 Å². The Bertz CT molecular complexity index is 1010. The zero-order valence-corrected chi connectivity index (χ0v) is 21.4. The molecule has 2 aromatic carbocycles. The van der Waals surface area contributed by atoms with Crippen molar-refractivity contribution in [3.63, 3.8) is 0 Å². The molecule has 2 saturated carbocycles. The maximum atomic E-state index is 15.0.